The number of benzene rings is 1. The summed E-state index contributed by atoms with van der Waals surface area (Å²) in [5.41, 5.74) is 11.6. The van der Waals surface area contributed by atoms with Gasteiger partial charge in [-0.05, 0) is 18.6 Å². The van der Waals surface area contributed by atoms with E-state index in [2.05, 4.69) is 0 Å². The number of hydrogen-bond acceptors (Lipinski definition) is 3. The van der Waals surface area contributed by atoms with Gasteiger partial charge in [-0.15, -0.1) is 24.8 Å². The van der Waals surface area contributed by atoms with Gasteiger partial charge in [0.2, 0.25) is 0 Å². The third-order valence-electron chi connectivity index (χ3n) is 1.83. The van der Waals surface area contributed by atoms with E-state index in [-0.39, 0.29) is 36.9 Å². The molecule has 0 saturated carbocycles. The molecule has 1 aromatic carbocycles. The first-order valence-corrected chi connectivity index (χ1v) is 4.50. The zero-order chi connectivity index (χ0) is 10.6. The lowest BCUT2D eigenvalue weighted by Crippen LogP contribution is -2.26. The SMILES string of the molecule is CCC(N)Oc1cccc(C(=N)N)c1.Cl.Cl. The quantitative estimate of drug-likeness (QED) is 0.442. The molecule has 1 aromatic rings. The molecule has 1 unspecified atom stereocenters. The Hall–Kier alpha value is -0.970. The van der Waals surface area contributed by atoms with Crippen LogP contribution < -0.4 is 16.2 Å². The fourth-order valence-electron chi connectivity index (χ4n) is 0.995. The smallest absolute Gasteiger partial charge is 0.147 e. The van der Waals surface area contributed by atoms with Crippen LogP contribution in [0.1, 0.15) is 18.9 Å². The molecular weight excluding hydrogens is 249 g/mol. The first-order chi connectivity index (χ1) is 6.63. The zero-order valence-corrected chi connectivity index (χ0v) is 10.6. The van der Waals surface area contributed by atoms with Crippen LogP contribution in [0.25, 0.3) is 0 Å². The molecule has 6 heteroatoms. The maximum Gasteiger partial charge on any atom is 0.147 e. The molecule has 0 spiro atoms. The van der Waals surface area contributed by atoms with Gasteiger partial charge in [0.25, 0.3) is 0 Å². The Balaban J connectivity index is 0. The van der Waals surface area contributed by atoms with E-state index >= 15 is 0 Å². The molecule has 0 saturated heterocycles. The van der Waals surface area contributed by atoms with Gasteiger partial charge in [-0.2, -0.15) is 0 Å². The first kappa shape index (κ1) is 17.4. The highest BCUT2D eigenvalue weighted by Gasteiger charge is 2.02. The van der Waals surface area contributed by atoms with Gasteiger partial charge in [-0.3, -0.25) is 11.1 Å². The number of halogens is 2. The Bertz CT molecular complexity index is 334. The van der Waals surface area contributed by atoms with Crippen molar-refractivity contribution in [1.82, 2.24) is 0 Å². The minimum Gasteiger partial charge on any atom is -0.476 e. The normalized spacial score (nSPS) is 10.6. The molecule has 0 aliphatic rings. The van der Waals surface area contributed by atoms with Gasteiger partial charge in [0, 0.05) is 5.56 Å². The predicted molar refractivity (Wildman–Crippen MR) is 70.8 cm³/mol. The summed E-state index contributed by atoms with van der Waals surface area (Å²) in [6.45, 7) is 1.94. The van der Waals surface area contributed by atoms with Crippen LogP contribution in [-0.2, 0) is 0 Å². The molecule has 0 radical (unpaired) electrons. The number of nitrogen functional groups attached to an aromatic ring is 1. The number of hydrogen-bond donors (Lipinski definition) is 3. The Morgan fingerprint density at radius 1 is 1.44 bits per heavy atom. The largest absolute Gasteiger partial charge is 0.476 e. The summed E-state index contributed by atoms with van der Waals surface area (Å²) in [4.78, 5) is 0. The van der Waals surface area contributed by atoms with E-state index in [1.54, 1.807) is 24.3 Å². The van der Waals surface area contributed by atoms with Gasteiger partial charge in [0.15, 0.2) is 0 Å². The second-order valence-electron chi connectivity index (χ2n) is 3.01. The topological polar surface area (TPSA) is 85.1 Å². The van der Waals surface area contributed by atoms with Gasteiger partial charge in [0.1, 0.15) is 17.8 Å². The van der Waals surface area contributed by atoms with Crippen LogP contribution >= 0.6 is 24.8 Å². The fraction of sp³-hybridized carbons (Fsp3) is 0.300. The van der Waals surface area contributed by atoms with Crippen LogP contribution in [0.4, 0.5) is 0 Å². The summed E-state index contributed by atoms with van der Waals surface area (Å²) in [6, 6.07) is 7.04. The maximum atomic E-state index is 7.25. The van der Waals surface area contributed by atoms with Crippen molar-refractivity contribution in [2.24, 2.45) is 11.5 Å². The number of amidine groups is 1. The number of ether oxygens (including phenoxy) is 1. The lowest BCUT2D eigenvalue weighted by Gasteiger charge is -2.12. The zero-order valence-electron chi connectivity index (χ0n) is 8.97. The minimum atomic E-state index is -0.308. The standard InChI is InChI=1S/C10H15N3O.2ClH/c1-2-9(11)14-8-5-3-4-7(6-8)10(12)13;;/h3-6,9H,2,11H2,1H3,(H3,12,13);2*1H. The van der Waals surface area contributed by atoms with Crippen LogP contribution in [-0.4, -0.2) is 12.1 Å². The van der Waals surface area contributed by atoms with Crippen molar-refractivity contribution < 1.29 is 4.74 Å². The number of nitrogens with two attached hydrogens (primary N) is 2. The highest BCUT2D eigenvalue weighted by Crippen LogP contribution is 2.14. The fourth-order valence-corrected chi connectivity index (χ4v) is 0.995. The minimum absolute atomic E-state index is 0. The molecule has 16 heavy (non-hydrogen) atoms. The maximum absolute atomic E-state index is 7.25. The third-order valence-corrected chi connectivity index (χ3v) is 1.83. The predicted octanol–water partition coefficient (Wildman–Crippen LogP) is 1.89. The van der Waals surface area contributed by atoms with Crippen LogP contribution in [0.2, 0.25) is 0 Å². The molecule has 1 atom stereocenters. The van der Waals surface area contributed by atoms with Gasteiger partial charge in [0.05, 0.1) is 0 Å². The summed E-state index contributed by atoms with van der Waals surface area (Å²) in [7, 11) is 0. The monoisotopic (exact) mass is 265 g/mol. The van der Waals surface area contributed by atoms with E-state index in [4.69, 9.17) is 21.6 Å². The van der Waals surface area contributed by atoms with E-state index < -0.39 is 0 Å². The Morgan fingerprint density at radius 2 is 2.06 bits per heavy atom. The summed E-state index contributed by atoms with van der Waals surface area (Å²) >= 11 is 0. The Labute approximate surface area is 108 Å². The number of nitrogens with one attached hydrogen (secondary N) is 1. The summed E-state index contributed by atoms with van der Waals surface area (Å²) < 4.78 is 5.38. The summed E-state index contributed by atoms with van der Waals surface area (Å²) in [5.74, 6) is 0.674. The summed E-state index contributed by atoms with van der Waals surface area (Å²) in [5, 5.41) is 7.25. The van der Waals surface area contributed by atoms with E-state index in [1.807, 2.05) is 6.92 Å². The van der Waals surface area contributed by atoms with Crippen molar-refractivity contribution in [3.8, 4) is 5.75 Å². The molecule has 1 rings (SSSR count). The number of rotatable bonds is 4. The van der Waals surface area contributed by atoms with Crippen LogP contribution in [0.5, 0.6) is 5.75 Å². The Kier molecular flexibility index (Phi) is 8.95. The van der Waals surface area contributed by atoms with E-state index in [9.17, 15) is 0 Å². The molecule has 0 aliphatic heterocycles. The van der Waals surface area contributed by atoms with E-state index in [1.165, 1.54) is 0 Å². The highest BCUT2D eigenvalue weighted by atomic mass is 35.5. The van der Waals surface area contributed by atoms with Gasteiger partial charge in [-0.25, -0.2) is 0 Å². The van der Waals surface area contributed by atoms with Crippen LogP contribution in [0.3, 0.4) is 0 Å². The van der Waals surface area contributed by atoms with Gasteiger partial charge < -0.3 is 10.5 Å². The second-order valence-corrected chi connectivity index (χ2v) is 3.01. The second kappa shape index (κ2) is 8.21. The molecule has 0 amide bonds. The van der Waals surface area contributed by atoms with Crippen molar-refractivity contribution in [1.29, 1.82) is 5.41 Å². The first-order valence-electron chi connectivity index (χ1n) is 4.50. The van der Waals surface area contributed by atoms with Gasteiger partial charge >= 0.3 is 0 Å². The van der Waals surface area contributed by atoms with Gasteiger partial charge in [-0.1, -0.05) is 19.1 Å². The average molecular weight is 266 g/mol. The average Bonchev–Trinajstić information content (AvgIpc) is 2.18. The highest BCUT2D eigenvalue weighted by molar-refractivity contribution is 5.95. The van der Waals surface area contributed by atoms with Crippen molar-refractivity contribution >= 4 is 30.6 Å². The molecule has 92 valence electrons. The van der Waals surface area contributed by atoms with E-state index in [0.29, 0.717) is 11.3 Å². The van der Waals surface area contributed by atoms with Crippen molar-refractivity contribution in [2.75, 3.05) is 0 Å². The van der Waals surface area contributed by atoms with Crippen molar-refractivity contribution in [3.05, 3.63) is 29.8 Å². The van der Waals surface area contributed by atoms with Crippen LogP contribution in [0, 0.1) is 5.41 Å². The molecule has 0 heterocycles. The van der Waals surface area contributed by atoms with E-state index in [0.717, 1.165) is 6.42 Å². The summed E-state index contributed by atoms with van der Waals surface area (Å²) in [6.07, 6.45) is 0.432. The molecule has 0 bridgehead atoms. The van der Waals surface area contributed by atoms with Crippen molar-refractivity contribution in [3.63, 3.8) is 0 Å². The lowest BCUT2D eigenvalue weighted by atomic mass is 10.2. The lowest BCUT2D eigenvalue weighted by molar-refractivity contribution is 0.205. The molecule has 5 N–H and O–H groups in total. The van der Waals surface area contributed by atoms with Crippen molar-refractivity contribution in [2.45, 2.75) is 19.6 Å². The molecule has 4 nitrogen and oxygen atoms in total. The Morgan fingerprint density at radius 3 is 2.56 bits per heavy atom. The molecular formula is C10H17Cl2N3O. The molecule has 0 fully saturated rings. The molecule has 0 aromatic heterocycles. The third kappa shape index (κ3) is 5.21. The molecule has 0 aliphatic carbocycles. The van der Waals surface area contributed by atoms with Crippen LogP contribution in [0.15, 0.2) is 24.3 Å².